The monoisotopic (exact) mass is 401 g/mol. The Hall–Kier alpha value is -3.51. The number of amides is 1. The molecule has 29 heavy (non-hydrogen) atoms. The lowest BCUT2D eigenvalue weighted by Gasteiger charge is -2.11. The summed E-state index contributed by atoms with van der Waals surface area (Å²) in [7, 11) is 0. The second-order valence-electron chi connectivity index (χ2n) is 6.79. The van der Waals surface area contributed by atoms with E-state index in [0.29, 0.717) is 11.5 Å². The van der Waals surface area contributed by atoms with Crippen LogP contribution in [-0.2, 0) is 0 Å². The van der Waals surface area contributed by atoms with Crippen molar-refractivity contribution in [2.45, 2.75) is 13.8 Å². The van der Waals surface area contributed by atoms with E-state index in [1.807, 2.05) is 74.5 Å². The maximum atomic E-state index is 12.4. The zero-order valence-electron chi connectivity index (χ0n) is 16.0. The zero-order chi connectivity index (χ0) is 20.4. The molecule has 0 unspecified atom stereocenters. The minimum absolute atomic E-state index is 0.237. The van der Waals surface area contributed by atoms with Crippen LogP contribution in [0.25, 0.3) is 22.6 Å². The van der Waals surface area contributed by atoms with Crippen molar-refractivity contribution in [1.29, 1.82) is 0 Å². The van der Waals surface area contributed by atoms with Gasteiger partial charge in [0.2, 0.25) is 5.89 Å². The molecule has 0 atom stereocenters. The van der Waals surface area contributed by atoms with E-state index < -0.39 is 0 Å². The molecule has 0 saturated heterocycles. The first-order valence-corrected chi connectivity index (χ1v) is 9.56. The standard InChI is InChI=1S/C23H19N3O2S/c1-14-7-12-20-19(13-14)25-22(28-20)16-8-10-17(11-9-16)24-23(29)26-21(27)18-6-4-3-5-15(18)2/h3-13H,1-2H3,(H2,24,26,27,29). The second-order valence-corrected chi connectivity index (χ2v) is 7.20. The number of carbonyl (C=O) groups excluding carboxylic acids is 1. The summed E-state index contributed by atoms with van der Waals surface area (Å²) >= 11 is 5.26. The molecule has 1 aromatic heterocycles. The average molecular weight is 401 g/mol. The van der Waals surface area contributed by atoms with Crippen molar-refractivity contribution in [3.8, 4) is 11.5 Å². The Bertz CT molecular complexity index is 1210. The molecule has 0 bridgehead atoms. The first kappa shape index (κ1) is 18.8. The number of nitrogens with zero attached hydrogens (tertiary/aromatic N) is 1. The van der Waals surface area contributed by atoms with Crippen LogP contribution < -0.4 is 10.6 Å². The topological polar surface area (TPSA) is 67.2 Å². The fraction of sp³-hybridized carbons (Fsp3) is 0.0870. The molecule has 4 aromatic rings. The van der Waals surface area contributed by atoms with Crippen molar-refractivity contribution >= 4 is 40.0 Å². The number of oxazole rings is 1. The number of benzene rings is 3. The van der Waals surface area contributed by atoms with Gasteiger partial charge in [-0.05, 0) is 79.7 Å². The molecule has 1 amide bonds. The highest BCUT2D eigenvalue weighted by Gasteiger charge is 2.11. The van der Waals surface area contributed by atoms with E-state index in [1.54, 1.807) is 6.07 Å². The van der Waals surface area contributed by atoms with Crippen molar-refractivity contribution < 1.29 is 9.21 Å². The number of hydrogen-bond donors (Lipinski definition) is 2. The molecule has 0 aliphatic carbocycles. The van der Waals surface area contributed by atoms with Crippen LogP contribution in [0.4, 0.5) is 5.69 Å². The molecule has 3 aromatic carbocycles. The van der Waals surface area contributed by atoms with Gasteiger partial charge in [0.05, 0.1) is 0 Å². The Morgan fingerprint density at radius 1 is 1.00 bits per heavy atom. The summed E-state index contributed by atoms with van der Waals surface area (Å²) in [6, 6.07) is 20.8. The van der Waals surface area contributed by atoms with E-state index in [9.17, 15) is 4.79 Å². The number of aryl methyl sites for hydroxylation is 2. The van der Waals surface area contributed by atoms with Gasteiger partial charge in [-0.2, -0.15) is 0 Å². The first-order chi connectivity index (χ1) is 14.0. The Morgan fingerprint density at radius 3 is 2.52 bits per heavy atom. The summed E-state index contributed by atoms with van der Waals surface area (Å²) in [6.45, 7) is 3.91. The molecular weight excluding hydrogens is 382 g/mol. The van der Waals surface area contributed by atoms with Crippen LogP contribution in [0.15, 0.2) is 71.1 Å². The molecular formula is C23H19N3O2S. The molecule has 0 aliphatic heterocycles. The van der Waals surface area contributed by atoms with Gasteiger partial charge in [0.15, 0.2) is 10.7 Å². The summed E-state index contributed by atoms with van der Waals surface area (Å²) in [4.78, 5) is 16.9. The SMILES string of the molecule is Cc1ccc2oc(-c3ccc(NC(=S)NC(=O)c4ccccc4C)cc3)nc2c1. The maximum absolute atomic E-state index is 12.4. The van der Waals surface area contributed by atoms with Gasteiger partial charge in [-0.1, -0.05) is 24.3 Å². The van der Waals surface area contributed by atoms with E-state index in [1.165, 1.54) is 0 Å². The van der Waals surface area contributed by atoms with Gasteiger partial charge in [-0.25, -0.2) is 4.98 Å². The minimum atomic E-state index is -0.237. The quantitative estimate of drug-likeness (QED) is 0.460. The van der Waals surface area contributed by atoms with E-state index in [0.717, 1.165) is 33.5 Å². The molecule has 0 aliphatic rings. The van der Waals surface area contributed by atoms with Crippen LogP contribution in [0, 0.1) is 13.8 Å². The fourth-order valence-electron chi connectivity index (χ4n) is 3.02. The predicted octanol–water partition coefficient (Wildman–Crippen LogP) is 5.24. The molecule has 0 spiro atoms. The molecule has 6 heteroatoms. The van der Waals surface area contributed by atoms with Crippen molar-refractivity contribution in [3.63, 3.8) is 0 Å². The zero-order valence-corrected chi connectivity index (χ0v) is 16.8. The Kier molecular flexibility index (Phi) is 5.10. The number of hydrogen-bond acceptors (Lipinski definition) is 4. The maximum Gasteiger partial charge on any atom is 0.257 e. The number of fused-ring (bicyclic) bond motifs is 1. The number of carbonyl (C=O) groups is 1. The largest absolute Gasteiger partial charge is 0.436 e. The summed E-state index contributed by atoms with van der Waals surface area (Å²) < 4.78 is 5.83. The Labute approximate surface area is 173 Å². The van der Waals surface area contributed by atoms with E-state index in [4.69, 9.17) is 16.6 Å². The number of thiocarbonyl (C=S) groups is 1. The lowest BCUT2D eigenvalue weighted by atomic mass is 10.1. The smallest absolute Gasteiger partial charge is 0.257 e. The predicted molar refractivity (Wildman–Crippen MR) is 119 cm³/mol. The van der Waals surface area contributed by atoms with E-state index in [2.05, 4.69) is 15.6 Å². The molecule has 1 heterocycles. The molecule has 0 radical (unpaired) electrons. The van der Waals surface area contributed by atoms with Gasteiger partial charge in [-0.15, -0.1) is 0 Å². The highest BCUT2D eigenvalue weighted by Crippen LogP contribution is 2.26. The van der Waals surface area contributed by atoms with E-state index in [-0.39, 0.29) is 11.0 Å². The van der Waals surface area contributed by atoms with Crippen LogP contribution in [0.2, 0.25) is 0 Å². The lowest BCUT2D eigenvalue weighted by molar-refractivity contribution is 0.0977. The first-order valence-electron chi connectivity index (χ1n) is 9.15. The van der Waals surface area contributed by atoms with Gasteiger partial charge in [-0.3, -0.25) is 10.1 Å². The lowest BCUT2D eigenvalue weighted by Crippen LogP contribution is -2.34. The number of aromatic nitrogens is 1. The molecule has 0 saturated carbocycles. The highest BCUT2D eigenvalue weighted by molar-refractivity contribution is 7.80. The summed E-state index contributed by atoms with van der Waals surface area (Å²) in [5.74, 6) is 0.326. The minimum Gasteiger partial charge on any atom is -0.436 e. The highest BCUT2D eigenvalue weighted by atomic mass is 32.1. The van der Waals surface area contributed by atoms with Gasteiger partial charge >= 0.3 is 0 Å². The Balaban J connectivity index is 1.44. The van der Waals surface area contributed by atoms with Crippen molar-refractivity contribution in [2.24, 2.45) is 0 Å². The normalized spacial score (nSPS) is 10.7. The third-order valence-corrected chi connectivity index (χ3v) is 4.75. The summed E-state index contributed by atoms with van der Waals surface area (Å²) in [6.07, 6.45) is 0. The van der Waals surface area contributed by atoms with Crippen molar-refractivity contribution in [2.75, 3.05) is 5.32 Å². The van der Waals surface area contributed by atoms with Gasteiger partial charge in [0.1, 0.15) is 5.52 Å². The number of nitrogens with one attached hydrogen (secondary N) is 2. The van der Waals surface area contributed by atoms with Gasteiger partial charge < -0.3 is 9.73 Å². The van der Waals surface area contributed by atoms with Gasteiger partial charge in [0, 0.05) is 16.8 Å². The second kappa shape index (κ2) is 7.85. The molecule has 0 fully saturated rings. The molecule has 144 valence electrons. The van der Waals surface area contributed by atoms with Gasteiger partial charge in [0.25, 0.3) is 5.91 Å². The third-order valence-electron chi connectivity index (χ3n) is 4.55. The van der Waals surface area contributed by atoms with E-state index >= 15 is 0 Å². The van der Waals surface area contributed by atoms with Crippen LogP contribution in [0.3, 0.4) is 0 Å². The third kappa shape index (κ3) is 4.17. The number of anilines is 1. The molecule has 2 N–H and O–H groups in total. The van der Waals surface area contributed by atoms with Crippen molar-refractivity contribution in [1.82, 2.24) is 10.3 Å². The van der Waals surface area contributed by atoms with Crippen molar-refractivity contribution in [3.05, 3.63) is 83.4 Å². The van der Waals surface area contributed by atoms with Crippen LogP contribution in [0.1, 0.15) is 21.5 Å². The fourth-order valence-corrected chi connectivity index (χ4v) is 3.23. The molecule has 5 nitrogen and oxygen atoms in total. The molecule has 4 rings (SSSR count). The Morgan fingerprint density at radius 2 is 1.76 bits per heavy atom. The summed E-state index contributed by atoms with van der Waals surface area (Å²) in [5.41, 5.74) is 5.84. The number of rotatable bonds is 3. The van der Waals surface area contributed by atoms with Crippen LogP contribution in [-0.4, -0.2) is 16.0 Å². The van der Waals surface area contributed by atoms with Crippen LogP contribution in [0.5, 0.6) is 0 Å². The average Bonchev–Trinajstić information content (AvgIpc) is 3.12. The van der Waals surface area contributed by atoms with Crippen LogP contribution >= 0.6 is 12.2 Å². The summed E-state index contributed by atoms with van der Waals surface area (Å²) in [5, 5.41) is 5.97.